The third-order valence-electron chi connectivity index (χ3n) is 1.85. The lowest BCUT2D eigenvalue weighted by Gasteiger charge is -2.03. The van der Waals surface area contributed by atoms with Crippen LogP contribution in [0.15, 0.2) is 16.6 Å². The average molecular weight is 262 g/mol. The Labute approximate surface area is 89.2 Å². The molecule has 76 valence electrons. The second-order valence-electron chi connectivity index (χ2n) is 2.88. The Hall–Kier alpha value is -0.970. The van der Waals surface area contributed by atoms with Gasteiger partial charge >= 0.3 is 5.69 Å². The number of benzene rings is 1. The molecule has 0 unspecified atom stereocenters. The number of halogens is 2. The lowest BCUT2D eigenvalue weighted by molar-refractivity contribution is -0.388. The molecule has 0 aliphatic carbocycles. The third kappa shape index (κ3) is 2.09. The Balaban J connectivity index is 3.30. The highest BCUT2D eigenvalue weighted by molar-refractivity contribution is 9.10. The number of hydrogen-bond donors (Lipinski definition) is 0. The summed E-state index contributed by atoms with van der Waals surface area (Å²) < 4.78 is 13.5. The first kappa shape index (κ1) is 11.1. The lowest BCUT2D eigenvalue weighted by Crippen LogP contribution is -1.99. The van der Waals surface area contributed by atoms with Gasteiger partial charge in [-0.25, -0.2) is 0 Å². The molecule has 1 aromatic rings. The van der Waals surface area contributed by atoms with E-state index in [0.717, 1.165) is 6.42 Å². The van der Waals surface area contributed by atoms with Crippen molar-refractivity contribution in [1.82, 2.24) is 0 Å². The summed E-state index contributed by atoms with van der Waals surface area (Å²) in [5, 5.41) is 10.6. The van der Waals surface area contributed by atoms with Gasteiger partial charge in [0.1, 0.15) is 0 Å². The van der Waals surface area contributed by atoms with Gasteiger partial charge in [-0.2, -0.15) is 4.39 Å². The van der Waals surface area contributed by atoms with E-state index in [-0.39, 0.29) is 4.47 Å². The van der Waals surface area contributed by atoms with Crippen molar-refractivity contribution in [3.05, 3.63) is 38.1 Å². The van der Waals surface area contributed by atoms with Crippen molar-refractivity contribution in [3.8, 4) is 0 Å². The summed E-state index contributed by atoms with van der Waals surface area (Å²) in [6.07, 6.45) is 1.27. The molecule has 5 heteroatoms. The highest BCUT2D eigenvalue weighted by Gasteiger charge is 2.21. The minimum atomic E-state index is -0.791. The molecule has 1 rings (SSSR count). The Morgan fingerprint density at radius 2 is 2.21 bits per heavy atom. The predicted molar refractivity (Wildman–Crippen MR) is 54.7 cm³/mol. The average Bonchev–Trinajstić information content (AvgIpc) is 2.11. The predicted octanol–water partition coefficient (Wildman–Crippen LogP) is 3.45. The third-order valence-corrected chi connectivity index (χ3v) is 2.47. The first-order valence-corrected chi connectivity index (χ1v) is 4.98. The van der Waals surface area contributed by atoms with Gasteiger partial charge < -0.3 is 0 Å². The number of aryl methyl sites for hydroxylation is 1. The van der Waals surface area contributed by atoms with Gasteiger partial charge in [-0.15, -0.1) is 0 Å². The summed E-state index contributed by atoms with van der Waals surface area (Å²) in [4.78, 5) is 9.94. The summed E-state index contributed by atoms with van der Waals surface area (Å²) in [6, 6.07) is 3.07. The first-order chi connectivity index (χ1) is 6.57. The molecule has 0 spiro atoms. The molecule has 0 atom stereocenters. The molecule has 0 aromatic heterocycles. The summed E-state index contributed by atoms with van der Waals surface area (Å²) in [6.45, 7) is 1.89. The molecule has 0 bridgehead atoms. The maximum atomic E-state index is 13.3. The first-order valence-electron chi connectivity index (χ1n) is 4.19. The molecule has 14 heavy (non-hydrogen) atoms. The molecule has 0 aliphatic rings. The normalized spacial score (nSPS) is 10.2. The van der Waals surface area contributed by atoms with Crippen LogP contribution in [0.5, 0.6) is 0 Å². The van der Waals surface area contributed by atoms with Crippen molar-refractivity contribution in [2.24, 2.45) is 0 Å². The molecule has 3 nitrogen and oxygen atoms in total. The fraction of sp³-hybridized carbons (Fsp3) is 0.333. The number of rotatable bonds is 3. The Morgan fingerprint density at radius 1 is 1.57 bits per heavy atom. The molecule has 0 N–H and O–H groups in total. The summed E-state index contributed by atoms with van der Waals surface area (Å²) in [5.41, 5.74) is 0.0272. The molecule has 0 fully saturated rings. The van der Waals surface area contributed by atoms with Crippen molar-refractivity contribution < 1.29 is 9.31 Å². The molecule has 0 saturated heterocycles. The second kappa shape index (κ2) is 4.50. The largest absolute Gasteiger partial charge is 0.309 e. The van der Waals surface area contributed by atoms with Crippen LogP contribution in [0.25, 0.3) is 0 Å². The van der Waals surface area contributed by atoms with Gasteiger partial charge in [0.15, 0.2) is 0 Å². The number of nitrogens with zero attached hydrogens (tertiary/aromatic N) is 1. The quantitative estimate of drug-likeness (QED) is 0.618. The topological polar surface area (TPSA) is 43.1 Å². The molecule has 0 heterocycles. The van der Waals surface area contributed by atoms with Crippen LogP contribution in [0.2, 0.25) is 0 Å². The zero-order valence-electron chi connectivity index (χ0n) is 7.59. The molecule has 0 saturated carbocycles. The van der Waals surface area contributed by atoms with Crippen LogP contribution < -0.4 is 0 Å². The van der Waals surface area contributed by atoms with Crippen LogP contribution in [0.3, 0.4) is 0 Å². The molecule has 1 aromatic carbocycles. The monoisotopic (exact) mass is 261 g/mol. The van der Waals surface area contributed by atoms with Gasteiger partial charge in [0, 0.05) is 5.56 Å². The zero-order valence-corrected chi connectivity index (χ0v) is 9.17. The SMILES string of the molecule is CCCc1ccc(Br)c(F)c1[N+](=O)[O-]. The van der Waals surface area contributed by atoms with Crippen molar-refractivity contribution in [1.29, 1.82) is 0 Å². The van der Waals surface area contributed by atoms with Crippen LogP contribution in [-0.4, -0.2) is 4.92 Å². The van der Waals surface area contributed by atoms with Crippen LogP contribution >= 0.6 is 15.9 Å². The van der Waals surface area contributed by atoms with E-state index in [1.807, 2.05) is 6.92 Å². The van der Waals surface area contributed by atoms with E-state index in [2.05, 4.69) is 15.9 Å². The standard InChI is InChI=1S/C9H9BrFNO2/c1-2-3-6-4-5-7(10)8(11)9(6)12(13)14/h4-5H,2-3H2,1H3. The molecule has 0 amide bonds. The van der Waals surface area contributed by atoms with E-state index in [4.69, 9.17) is 0 Å². The molecular formula is C9H9BrFNO2. The van der Waals surface area contributed by atoms with Crippen molar-refractivity contribution in [2.45, 2.75) is 19.8 Å². The minimum Gasteiger partial charge on any atom is -0.258 e. The van der Waals surface area contributed by atoms with Crippen LogP contribution in [-0.2, 0) is 6.42 Å². The Morgan fingerprint density at radius 3 is 2.71 bits per heavy atom. The van der Waals surface area contributed by atoms with E-state index in [1.54, 1.807) is 6.07 Å². The lowest BCUT2D eigenvalue weighted by atomic mass is 10.1. The van der Waals surface area contributed by atoms with Gasteiger partial charge in [-0.05, 0) is 28.4 Å². The van der Waals surface area contributed by atoms with Gasteiger partial charge in [0.05, 0.1) is 9.40 Å². The van der Waals surface area contributed by atoms with Crippen molar-refractivity contribution in [3.63, 3.8) is 0 Å². The van der Waals surface area contributed by atoms with Gasteiger partial charge in [-0.1, -0.05) is 19.4 Å². The van der Waals surface area contributed by atoms with E-state index < -0.39 is 16.4 Å². The Bertz CT molecular complexity index is 368. The van der Waals surface area contributed by atoms with Crippen LogP contribution in [0, 0.1) is 15.9 Å². The van der Waals surface area contributed by atoms with E-state index in [9.17, 15) is 14.5 Å². The fourth-order valence-electron chi connectivity index (χ4n) is 1.25. The van der Waals surface area contributed by atoms with Gasteiger partial charge in [0.2, 0.25) is 5.82 Å². The van der Waals surface area contributed by atoms with E-state index >= 15 is 0 Å². The number of nitro benzene ring substituents is 1. The van der Waals surface area contributed by atoms with E-state index in [0.29, 0.717) is 12.0 Å². The highest BCUT2D eigenvalue weighted by Crippen LogP contribution is 2.29. The summed E-state index contributed by atoms with van der Waals surface area (Å²) in [5.74, 6) is -0.791. The van der Waals surface area contributed by atoms with Gasteiger partial charge in [0.25, 0.3) is 0 Å². The fourth-order valence-corrected chi connectivity index (χ4v) is 1.57. The van der Waals surface area contributed by atoms with E-state index in [1.165, 1.54) is 6.07 Å². The molecule has 0 aliphatic heterocycles. The van der Waals surface area contributed by atoms with Gasteiger partial charge in [-0.3, -0.25) is 10.1 Å². The maximum absolute atomic E-state index is 13.3. The number of nitro groups is 1. The molecular weight excluding hydrogens is 253 g/mol. The Kier molecular flexibility index (Phi) is 3.57. The molecule has 0 radical (unpaired) electrons. The van der Waals surface area contributed by atoms with Crippen molar-refractivity contribution >= 4 is 21.6 Å². The minimum absolute atomic E-state index is 0.129. The summed E-state index contributed by atoms with van der Waals surface area (Å²) >= 11 is 2.92. The van der Waals surface area contributed by atoms with Crippen molar-refractivity contribution in [2.75, 3.05) is 0 Å². The maximum Gasteiger partial charge on any atom is 0.309 e. The van der Waals surface area contributed by atoms with Crippen LogP contribution in [0.1, 0.15) is 18.9 Å². The summed E-state index contributed by atoms with van der Waals surface area (Å²) in [7, 11) is 0. The highest BCUT2D eigenvalue weighted by atomic mass is 79.9. The smallest absolute Gasteiger partial charge is 0.258 e. The zero-order chi connectivity index (χ0) is 10.7. The second-order valence-corrected chi connectivity index (χ2v) is 3.73. The van der Waals surface area contributed by atoms with Crippen LogP contribution in [0.4, 0.5) is 10.1 Å². The number of hydrogen-bond acceptors (Lipinski definition) is 2.